The fourth-order valence-corrected chi connectivity index (χ4v) is 7.01. The molecule has 0 amide bonds. The van der Waals surface area contributed by atoms with Crippen molar-refractivity contribution in [3.63, 3.8) is 0 Å². The Morgan fingerprint density at radius 2 is 1.35 bits per heavy atom. The highest BCUT2D eigenvalue weighted by Gasteiger charge is 2.49. The molecule has 5 aromatic rings. The zero-order valence-electron chi connectivity index (χ0n) is 29.8. The molecule has 0 fully saturated rings. The summed E-state index contributed by atoms with van der Waals surface area (Å²) in [6, 6.07) is 23.2. The lowest BCUT2D eigenvalue weighted by Crippen LogP contribution is -2.31. The van der Waals surface area contributed by atoms with Gasteiger partial charge in [-0.15, -0.1) is 0 Å². The molecule has 3 aromatic carbocycles. The average Bonchev–Trinajstić information content (AvgIpc) is 3.75. The average molecular weight is 788 g/mol. The number of benzene rings is 3. The summed E-state index contributed by atoms with van der Waals surface area (Å²) in [5.74, 6) is 8.69. The lowest BCUT2D eigenvalue weighted by Gasteiger charge is -2.33. The molecule has 0 aliphatic carbocycles. The van der Waals surface area contributed by atoms with E-state index in [1.807, 2.05) is 44.3 Å². The molecule has 0 bridgehead atoms. The summed E-state index contributed by atoms with van der Waals surface area (Å²) in [4.78, 5) is 18.1. The highest BCUT2D eigenvalue weighted by molar-refractivity contribution is 9.10. The molecule has 4 aliphatic heterocycles. The zero-order chi connectivity index (χ0) is 37.8. The van der Waals surface area contributed by atoms with Crippen LogP contribution in [0.3, 0.4) is 0 Å². The van der Waals surface area contributed by atoms with Crippen molar-refractivity contribution < 1.29 is 28.8 Å². The molecular formula is C41H35BrN6O6. The van der Waals surface area contributed by atoms with Crippen LogP contribution in [0.2, 0.25) is 0 Å². The van der Waals surface area contributed by atoms with Crippen molar-refractivity contribution in [1.29, 1.82) is 0 Å². The summed E-state index contributed by atoms with van der Waals surface area (Å²) in [5.41, 5.74) is 16.7. The van der Waals surface area contributed by atoms with E-state index < -0.39 is 16.7 Å². The largest absolute Gasteiger partial charge is 0.508 e. The topological polar surface area (TPSA) is 169 Å². The molecule has 0 radical (unpaired) electrons. The van der Waals surface area contributed by atoms with E-state index in [4.69, 9.17) is 40.1 Å². The summed E-state index contributed by atoms with van der Waals surface area (Å²) >= 11 is 3.40. The Balaban J connectivity index is 0.000000169. The van der Waals surface area contributed by atoms with Gasteiger partial charge in [-0.2, -0.15) is 0 Å². The first-order chi connectivity index (χ1) is 25.9. The van der Waals surface area contributed by atoms with Gasteiger partial charge in [0.25, 0.3) is 12.0 Å². The number of aromatic nitrogens is 2. The number of fused-ring (bicyclic) bond motifs is 8. The molecule has 272 valence electrons. The molecule has 2 spiro atoms. The Kier molecular flexibility index (Phi) is 8.47. The van der Waals surface area contributed by atoms with Crippen molar-refractivity contribution in [2.24, 2.45) is 21.5 Å². The Morgan fingerprint density at radius 3 is 1.96 bits per heavy atom. The molecule has 4 aliphatic rings. The molecule has 12 nitrogen and oxygen atoms in total. The van der Waals surface area contributed by atoms with Crippen molar-refractivity contribution in [2.45, 2.75) is 37.5 Å². The van der Waals surface area contributed by atoms with E-state index in [1.165, 1.54) is 5.56 Å². The molecule has 54 heavy (non-hydrogen) atoms. The maximum absolute atomic E-state index is 9.80. The first kappa shape index (κ1) is 35.0. The van der Waals surface area contributed by atoms with E-state index in [-0.39, 0.29) is 31.0 Å². The number of phenolic OH excluding ortho intramolecular Hbond substituents is 1. The molecule has 9 rings (SSSR count). The predicted molar refractivity (Wildman–Crippen MR) is 206 cm³/mol. The normalized spacial score (nSPS) is 19.8. The van der Waals surface area contributed by atoms with Crippen LogP contribution in [0, 0.1) is 18.8 Å². The van der Waals surface area contributed by atoms with E-state index >= 15 is 0 Å². The second kappa shape index (κ2) is 13.1. The summed E-state index contributed by atoms with van der Waals surface area (Å²) in [6.45, 7) is 6.42. The van der Waals surface area contributed by atoms with E-state index in [2.05, 4.69) is 80.0 Å². The van der Waals surface area contributed by atoms with Crippen LogP contribution in [0.25, 0.3) is 11.1 Å². The third kappa shape index (κ3) is 6.13. The second-order valence-corrected chi connectivity index (χ2v) is 14.6. The van der Waals surface area contributed by atoms with Crippen molar-refractivity contribution in [3.8, 4) is 52.0 Å². The van der Waals surface area contributed by atoms with Crippen molar-refractivity contribution in [1.82, 2.24) is 9.97 Å². The van der Waals surface area contributed by atoms with Gasteiger partial charge in [-0.25, -0.2) is 20.0 Å². The van der Waals surface area contributed by atoms with Gasteiger partial charge in [-0.05, 0) is 90.8 Å². The molecule has 0 saturated carbocycles. The van der Waals surface area contributed by atoms with Crippen LogP contribution < -0.4 is 20.9 Å². The molecule has 2 aromatic heterocycles. The highest BCUT2D eigenvalue weighted by Crippen LogP contribution is 2.52. The van der Waals surface area contributed by atoms with E-state index in [0.717, 1.165) is 37.9 Å². The van der Waals surface area contributed by atoms with Crippen LogP contribution in [-0.4, -0.2) is 53.0 Å². The number of aromatic hydroxyl groups is 1. The van der Waals surface area contributed by atoms with Crippen LogP contribution in [-0.2, 0) is 25.3 Å². The number of pyridine rings is 2. The minimum atomic E-state index is -0.852. The lowest BCUT2D eigenvalue weighted by molar-refractivity contribution is 0.0741. The predicted octanol–water partition coefficient (Wildman–Crippen LogP) is 6.77. The molecule has 13 heteroatoms. The number of amidine groups is 2. The van der Waals surface area contributed by atoms with Gasteiger partial charge < -0.3 is 40.3 Å². The fourth-order valence-electron chi connectivity index (χ4n) is 6.67. The maximum atomic E-state index is 9.80. The van der Waals surface area contributed by atoms with Crippen LogP contribution in [0.4, 0.5) is 0 Å². The quantitative estimate of drug-likeness (QED) is 0.162. The van der Waals surface area contributed by atoms with Gasteiger partial charge >= 0.3 is 0 Å². The van der Waals surface area contributed by atoms with Gasteiger partial charge in [-0.1, -0.05) is 41.7 Å². The fraction of sp³-hybridized carbons (Fsp3) is 0.220. The van der Waals surface area contributed by atoms with Gasteiger partial charge in [-0.3, -0.25) is 0 Å². The van der Waals surface area contributed by atoms with Gasteiger partial charge in [0, 0.05) is 46.2 Å². The monoisotopic (exact) mass is 786 g/mol. The number of ether oxygens (including phenoxy) is 5. The molecule has 0 unspecified atom stereocenters. The highest BCUT2D eigenvalue weighted by atomic mass is 79.9. The van der Waals surface area contributed by atoms with E-state index in [1.54, 1.807) is 31.5 Å². The number of halogens is 1. The van der Waals surface area contributed by atoms with Gasteiger partial charge in [0.15, 0.2) is 11.1 Å². The number of aliphatic imine (C=N–C) groups is 2. The van der Waals surface area contributed by atoms with Gasteiger partial charge in [0.2, 0.25) is 11.8 Å². The second-order valence-electron chi connectivity index (χ2n) is 13.7. The van der Waals surface area contributed by atoms with E-state index in [0.29, 0.717) is 28.8 Å². The summed E-state index contributed by atoms with van der Waals surface area (Å²) in [6.07, 6.45) is 3.47. The smallest absolute Gasteiger partial charge is 0.283 e. The first-order valence-electron chi connectivity index (χ1n) is 17.0. The molecule has 6 heterocycles. The van der Waals surface area contributed by atoms with Crippen LogP contribution in [0.1, 0.15) is 47.2 Å². The Bertz CT molecular complexity index is 2400. The third-order valence-electron chi connectivity index (χ3n) is 9.67. The van der Waals surface area contributed by atoms with Crippen molar-refractivity contribution in [2.75, 3.05) is 20.3 Å². The number of hydrogen-bond donors (Lipinski definition) is 3. The van der Waals surface area contributed by atoms with Gasteiger partial charge in [0.1, 0.15) is 36.1 Å². The van der Waals surface area contributed by atoms with Gasteiger partial charge in [0.05, 0.1) is 11.1 Å². The maximum Gasteiger partial charge on any atom is 0.283 e. The van der Waals surface area contributed by atoms with Crippen LogP contribution in [0.5, 0.6) is 29.0 Å². The number of hydrogen-bond acceptors (Lipinski definition) is 12. The summed E-state index contributed by atoms with van der Waals surface area (Å²) in [7, 11) is 1.65. The lowest BCUT2D eigenvalue weighted by atomic mass is 9.81. The summed E-state index contributed by atoms with van der Waals surface area (Å²) in [5, 5.41) is 9.80. The number of nitrogens with zero attached hydrogens (tertiary/aromatic N) is 4. The minimum absolute atomic E-state index is 0.108. The SMILES string of the molecule is COC(C)(C)C#Cc1ccc2c(c1)[C@@]1(COC(N)=N1)c1cc(-c3ccc(C)cc3)cnc1O2.NC1=N[C@@]2(CO1)c1cc(O)ccc1Oc1ncc(Br)cc12. The van der Waals surface area contributed by atoms with Crippen molar-refractivity contribution >= 4 is 28.0 Å². The van der Waals surface area contributed by atoms with Crippen molar-refractivity contribution in [3.05, 3.63) is 123 Å². The Labute approximate surface area is 320 Å². The number of methoxy groups -OCH3 is 1. The molecule has 2 atom stereocenters. The number of rotatable bonds is 2. The third-order valence-corrected chi connectivity index (χ3v) is 10.1. The first-order valence-corrected chi connectivity index (χ1v) is 17.8. The number of nitrogens with two attached hydrogens (primary N) is 2. The number of phenols is 1. The number of aryl methyl sites for hydroxylation is 1. The summed E-state index contributed by atoms with van der Waals surface area (Å²) < 4.78 is 29.3. The Hall–Kier alpha value is -6.10. The Morgan fingerprint density at radius 1 is 0.759 bits per heavy atom. The molecular weight excluding hydrogens is 752 g/mol. The molecule has 0 saturated heterocycles. The van der Waals surface area contributed by atoms with Crippen LogP contribution in [0.15, 0.2) is 99.6 Å². The zero-order valence-corrected chi connectivity index (χ0v) is 31.4. The van der Waals surface area contributed by atoms with Crippen LogP contribution >= 0.6 is 15.9 Å². The molecule has 5 N–H and O–H groups in total. The van der Waals surface area contributed by atoms with E-state index in [9.17, 15) is 5.11 Å². The minimum Gasteiger partial charge on any atom is -0.508 e. The standard InChI is InChI=1S/C27H25N3O3.C14H10BrN3O3/c1-17-5-8-19(9-6-17)20-14-22-24(29-15-20)33-23-10-7-18(11-12-26(2,3)31-4)13-21(23)27(22)16-32-25(28)30-27;15-7-3-10-12(17-5-7)21-11-2-1-8(19)4-9(11)14(10)6-20-13(16)18-14/h5-10,13-15H,16H2,1-4H3,(H2,28,30);1-5,19H,6H2,(H2,16,18)/t27-;14-/m00/s1.